The third kappa shape index (κ3) is 7.40. The first-order valence-electron chi connectivity index (χ1n) is 9.56. The predicted molar refractivity (Wildman–Crippen MR) is 115 cm³/mol. The topological polar surface area (TPSA) is 102 Å². The van der Waals surface area contributed by atoms with Crippen molar-refractivity contribution in [2.45, 2.75) is 38.9 Å². The fraction of sp³-hybridized carbons (Fsp3) is 0.318. The van der Waals surface area contributed by atoms with Crippen LogP contribution in [0.1, 0.15) is 37.4 Å². The van der Waals surface area contributed by atoms with Gasteiger partial charge in [0.05, 0.1) is 12.5 Å². The zero-order chi connectivity index (χ0) is 22.1. The molecule has 160 valence electrons. The van der Waals surface area contributed by atoms with Crippen LogP contribution in [0.5, 0.6) is 0 Å². The average molecular weight is 432 g/mol. The van der Waals surface area contributed by atoms with E-state index in [4.69, 9.17) is 22.1 Å². The van der Waals surface area contributed by atoms with E-state index in [0.29, 0.717) is 17.1 Å². The summed E-state index contributed by atoms with van der Waals surface area (Å²) in [6.07, 6.45) is -0.168. The number of halogens is 1. The van der Waals surface area contributed by atoms with Gasteiger partial charge in [-0.05, 0) is 37.1 Å². The van der Waals surface area contributed by atoms with Crippen LogP contribution in [0, 0.1) is 0 Å². The molecule has 2 rings (SSSR count). The summed E-state index contributed by atoms with van der Waals surface area (Å²) in [6.45, 7) is 3.84. The number of rotatable bonds is 9. The number of benzene rings is 2. The molecular formula is C22H26ClN3O4. The molecule has 2 aromatic carbocycles. The number of amides is 3. The summed E-state index contributed by atoms with van der Waals surface area (Å²) in [5, 5.41) is 3.03. The van der Waals surface area contributed by atoms with Crippen molar-refractivity contribution in [2.24, 2.45) is 5.73 Å². The Balaban J connectivity index is 1.96. The van der Waals surface area contributed by atoms with Gasteiger partial charge in [-0.1, -0.05) is 54.1 Å². The van der Waals surface area contributed by atoms with E-state index in [-0.39, 0.29) is 25.0 Å². The summed E-state index contributed by atoms with van der Waals surface area (Å²) < 4.78 is 5.18. The summed E-state index contributed by atoms with van der Waals surface area (Å²) >= 11 is 5.88. The summed E-state index contributed by atoms with van der Waals surface area (Å²) in [5.74, 6) is -0.923. The molecule has 0 heterocycles. The number of nitrogens with zero attached hydrogens (tertiary/aromatic N) is 1. The minimum absolute atomic E-state index is 0.0604. The van der Waals surface area contributed by atoms with Gasteiger partial charge in [0.1, 0.15) is 0 Å². The largest absolute Gasteiger partial charge is 0.455 e. The first-order valence-corrected chi connectivity index (χ1v) is 9.94. The first-order chi connectivity index (χ1) is 14.3. The van der Waals surface area contributed by atoms with Crippen molar-refractivity contribution in [3.05, 3.63) is 70.7 Å². The highest BCUT2D eigenvalue weighted by Crippen LogP contribution is 2.20. The fourth-order valence-corrected chi connectivity index (χ4v) is 3.03. The third-order valence-corrected chi connectivity index (χ3v) is 4.71. The average Bonchev–Trinajstić information content (AvgIpc) is 2.70. The lowest BCUT2D eigenvalue weighted by molar-refractivity contribution is -0.153. The molecule has 2 aromatic rings. The van der Waals surface area contributed by atoms with Crippen LogP contribution in [0.25, 0.3) is 0 Å². The van der Waals surface area contributed by atoms with Gasteiger partial charge >= 0.3 is 12.0 Å². The number of hydrogen-bond donors (Lipinski definition) is 2. The molecular weight excluding hydrogens is 406 g/mol. The highest BCUT2D eigenvalue weighted by Gasteiger charge is 2.22. The van der Waals surface area contributed by atoms with Gasteiger partial charge in [0.15, 0.2) is 6.61 Å². The predicted octanol–water partition coefficient (Wildman–Crippen LogP) is 3.42. The van der Waals surface area contributed by atoms with E-state index in [0.717, 1.165) is 5.56 Å². The van der Waals surface area contributed by atoms with Crippen LogP contribution in [0.3, 0.4) is 0 Å². The molecule has 0 saturated heterocycles. The van der Waals surface area contributed by atoms with Gasteiger partial charge in [-0.2, -0.15) is 0 Å². The standard InChI is InChI=1S/C22H26ClN3O4/c1-15(2)26(13-16-6-4-3-5-7-16)20(27)14-30-21(28)12-19(25-22(24)29)17-8-10-18(23)11-9-17/h3-11,15,19H,12-14H2,1-2H3,(H3,24,25,29). The van der Waals surface area contributed by atoms with E-state index in [1.165, 1.54) is 0 Å². The van der Waals surface area contributed by atoms with E-state index in [9.17, 15) is 14.4 Å². The van der Waals surface area contributed by atoms with Crippen molar-refractivity contribution in [1.29, 1.82) is 0 Å². The number of hydrogen-bond acceptors (Lipinski definition) is 4. The van der Waals surface area contributed by atoms with Crippen molar-refractivity contribution in [2.75, 3.05) is 6.61 Å². The molecule has 8 heteroatoms. The second kappa shape index (κ2) is 11.2. The molecule has 30 heavy (non-hydrogen) atoms. The van der Waals surface area contributed by atoms with Gasteiger partial charge in [0.25, 0.3) is 5.91 Å². The van der Waals surface area contributed by atoms with E-state index >= 15 is 0 Å². The van der Waals surface area contributed by atoms with Crippen LogP contribution >= 0.6 is 11.6 Å². The van der Waals surface area contributed by atoms with E-state index < -0.39 is 18.0 Å². The van der Waals surface area contributed by atoms with E-state index in [1.54, 1.807) is 29.2 Å². The van der Waals surface area contributed by atoms with Crippen molar-refractivity contribution < 1.29 is 19.1 Å². The van der Waals surface area contributed by atoms with Gasteiger partial charge in [-0.25, -0.2) is 4.79 Å². The first kappa shape index (κ1) is 23.2. The number of nitrogens with two attached hydrogens (primary N) is 1. The fourth-order valence-electron chi connectivity index (χ4n) is 2.91. The van der Waals surface area contributed by atoms with E-state index in [1.807, 2.05) is 44.2 Å². The Bertz CT molecular complexity index is 856. The lowest BCUT2D eigenvalue weighted by Crippen LogP contribution is -2.39. The number of nitrogens with one attached hydrogen (secondary N) is 1. The van der Waals surface area contributed by atoms with Crippen LogP contribution in [0.15, 0.2) is 54.6 Å². The highest BCUT2D eigenvalue weighted by atomic mass is 35.5. The second-order valence-corrected chi connectivity index (χ2v) is 7.51. The molecule has 0 aliphatic heterocycles. The molecule has 1 unspecified atom stereocenters. The molecule has 3 N–H and O–H groups in total. The molecule has 0 bridgehead atoms. The molecule has 0 aromatic heterocycles. The van der Waals surface area contributed by atoms with Gasteiger partial charge in [0, 0.05) is 17.6 Å². The maximum atomic E-state index is 12.6. The number of carbonyl (C=O) groups excluding carboxylic acids is 3. The molecule has 0 aliphatic rings. The number of urea groups is 1. The van der Waals surface area contributed by atoms with Crippen molar-refractivity contribution in [1.82, 2.24) is 10.2 Å². The van der Waals surface area contributed by atoms with Crippen molar-refractivity contribution in [3.8, 4) is 0 Å². The lowest BCUT2D eigenvalue weighted by atomic mass is 10.0. The van der Waals surface area contributed by atoms with Crippen LogP contribution in [0.4, 0.5) is 4.79 Å². The lowest BCUT2D eigenvalue weighted by Gasteiger charge is -2.27. The Hall–Kier alpha value is -3.06. The van der Waals surface area contributed by atoms with Gasteiger partial charge in [0.2, 0.25) is 0 Å². The van der Waals surface area contributed by atoms with Gasteiger partial charge in [-0.15, -0.1) is 0 Å². The van der Waals surface area contributed by atoms with Crippen molar-refractivity contribution >= 4 is 29.5 Å². The summed E-state index contributed by atoms with van der Waals surface area (Å²) in [5.41, 5.74) is 6.85. The normalized spacial score (nSPS) is 11.6. The summed E-state index contributed by atoms with van der Waals surface area (Å²) in [6, 6.07) is 14.7. The minimum Gasteiger partial charge on any atom is -0.455 e. The maximum absolute atomic E-state index is 12.6. The number of carbonyl (C=O) groups is 3. The van der Waals surface area contributed by atoms with Gasteiger partial charge < -0.3 is 20.7 Å². The minimum atomic E-state index is -0.771. The Morgan fingerprint density at radius 2 is 1.70 bits per heavy atom. The smallest absolute Gasteiger partial charge is 0.312 e. The van der Waals surface area contributed by atoms with Crippen LogP contribution in [0.2, 0.25) is 5.02 Å². The van der Waals surface area contributed by atoms with Gasteiger partial charge in [-0.3, -0.25) is 9.59 Å². The molecule has 3 amide bonds. The molecule has 0 aliphatic carbocycles. The third-order valence-electron chi connectivity index (χ3n) is 4.46. The van der Waals surface area contributed by atoms with Crippen molar-refractivity contribution in [3.63, 3.8) is 0 Å². The SMILES string of the molecule is CC(C)N(Cc1ccccc1)C(=O)COC(=O)CC(NC(N)=O)c1ccc(Cl)cc1. The number of primary amides is 1. The quantitative estimate of drug-likeness (QED) is 0.594. The van der Waals surface area contributed by atoms with E-state index in [2.05, 4.69) is 5.32 Å². The molecule has 0 radical (unpaired) electrons. The molecule has 7 nitrogen and oxygen atoms in total. The van der Waals surface area contributed by atoms with Crippen LogP contribution in [-0.4, -0.2) is 35.5 Å². The monoisotopic (exact) mass is 431 g/mol. The Kier molecular flexibility index (Phi) is 8.68. The molecule has 0 spiro atoms. The Labute approximate surface area is 181 Å². The Morgan fingerprint density at radius 3 is 2.27 bits per heavy atom. The summed E-state index contributed by atoms with van der Waals surface area (Å²) in [4.78, 5) is 37.9. The molecule has 0 saturated carbocycles. The number of ether oxygens (including phenoxy) is 1. The second-order valence-electron chi connectivity index (χ2n) is 7.08. The van der Waals surface area contributed by atoms with Crippen LogP contribution in [-0.2, 0) is 20.9 Å². The summed E-state index contributed by atoms with van der Waals surface area (Å²) in [7, 11) is 0. The number of esters is 1. The zero-order valence-electron chi connectivity index (χ0n) is 17.0. The molecule has 1 atom stereocenters. The van der Waals surface area contributed by atoms with Crippen LogP contribution < -0.4 is 11.1 Å². The zero-order valence-corrected chi connectivity index (χ0v) is 17.8. The molecule has 0 fully saturated rings. The highest BCUT2D eigenvalue weighted by molar-refractivity contribution is 6.30. The maximum Gasteiger partial charge on any atom is 0.312 e. The Morgan fingerprint density at radius 1 is 1.07 bits per heavy atom.